The zero-order valence-electron chi connectivity index (χ0n) is 57.2. The van der Waals surface area contributed by atoms with E-state index >= 15 is 0 Å². The van der Waals surface area contributed by atoms with Gasteiger partial charge in [-0.3, -0.25) is 40.0 Å². The predicted molar refractivity (Wildman–Crippen MR) is 389 cm³/mol. The van der Waals surface area contributed by atoms with E-state index in [0.29, 0.717) is 106 Å². The molecule has 30 nitrogen and oxygen atoms in total. The number of carbonyl (C=O) groups is 1. The highest BCUT2D eigenvalue weighted by molar-refractivity contribution is 7.90. The minimum Gasteiger partial charge on any atom is -0.455 e. The number of sulfonamides is 3. The number of benzene rings is 5. The molecule has 0 unspecified atom stereocenters. The number of aromatic nitrogens is 2. The molecule has 1 amide bonds. The summed E-state index contributed by atoms with van der Waals surface area (Å²) < 4.78 is 149. The quantitative estimate of drug-likeness (QED) is 0.0238. The predicted octanol–water partition coefficient (Wildman–Crippen LogP) is 11.2. The number of rotatable bonds is 18. The van der Waals surface area contributed by atoms with E-state index in [-0.39, 0.29) is 68.2 Å². The first-order chi connectivity index (χ1) is 49.5. The molecule has 2 aromatic heterocycles. The number of nitrogens with two attached hydrogens (primary N) is 3. The number of allylic oxidation sites excluding steroid dienone is 1. The highest BCUT2D eigenvalue weighted by Crippen LogP contribution is 2.46. The van der Waals surface area contributed by atoms with Crippen LogP contribution >= 0.6 is 24.0 Å². The van der Waals surface area contributed by atoms with Gasteiger partial charge in [0.15, 0.2) is 0 Å². The van der Waals surface area contributed by atoms with Crippen molar-refractivity contribution in [2.24, 2.45) is 21.4 Å². The van der Waals surface area contributed by atoms with E-state index in [1.54, 1.807) is 30.5 Å². The minimum atomic E-state index is -4.61. The minimum absolute atomic E-state index is 0. The summed E-state index contributed by atoms with van der Waals surface area (Å²) >= 11 is 6.53. The van der Waals surface area contributed by atoms with Crippen LogP contribution in [0.5, 0.6) is 11.5 Å². The lowest BCUT2D eigenvalue weighted by Gasteiger charge is -2.39. The summed E-state index contributed by atoms with van der Waals surface area (Å²) in [6.07, 6.45) is 6.61. The number of ether oxygens (including phenoxy) is 4. The molecule has 4 saturated heterocycles. The van der Waals surface area contributed by atoms with E-state index in [1.807, 2.05) is 0 Å². The Morgan fingerprint density at radius 3 is 1.80 bits per heavy atom. The Hall–Kier alpha value is -8.73. The Morgan fingerprint density at radius 2 is 1.28 bits per heavy atom. The number of anilines is 3. The first-order valence-corrected chi connectivity index (χ1v) is 37.9. The van der Waals surface area contributed by atoms with E-state index in [1.165, 1.54) is 42.6 Å². The summed E-state index contributed by atoms with van der Waals surface area (Å²) in [5, 5.41) is 49.9. The molecule has 4 fully saturated rings. The van der Waals surface area contributed by atoms with Crippen LogP contribution in [-0.2, 0) is 50.5 Å². The number of aromatic amines is 1. The number of nitro groups is 3. The van der Waals surface area contributed by atoms with Crippen LogP contribution in [0.15, 0.2) is 136 Å². The van der Waals surface area contributed by atoms with Crippen molar-refractivity contribution in [3.63, 3.8) is 0 Å². The molecule has 0 radical (unpaired) electrons. The average Bonchev–Trinajstić information content (AvgIpc) is 0.845. The van der Waals surface area contributed by atoms with Crippen LogP contribution in [-0.4, -0.2) is 151 Å². The highest BCUT2D eigenvalue weighted by Gasteiger charge is 2.35. The van der Waals surface area contributed by atoms with Crippen LogP contribution in [0.4, 0.5) is 51.7 Å². The van der Waals surface area contributed by atoms with Crippen molar-refractivity contribution in [3.05, 3.63) is 179 Å². The third kappa shape index (κ3) is 22.7. The lowest BCUT2D eigenvalue weighted by atomic mass is 9.72. The molecule has 6 heterocycles. The molecule has 1 aliphatic carbocycles. The molecule has 5 aromatic carbocycles. The Morgan fingerprint density at radius 1 is 0.726 bits per heavy atom. The van der Waals surface area contributed by atoms with Crippen LogP contribution in [0.3, 0.4) is 0 Å². The number of amides is 1. The van der Waals surface area contributed by atoms with Gasteiger partial charge in [-0.2, -0.15) is 17.6 Å². The van der Waals surface area contributed by atoms with Gasteiger partial charge < -0.3 is 45.2 Å². The fraction of sp³-hybridized carbons (Fsp3) is 0.403. The topological polar surface area (TPSA) is 435 Å². The van der Waals surface area contributed by atoms with Gasteiger partial charge in [-0.05, 0) is 147 Å². The molecular weight excluding hydrogens is 1500 g/mol. The normalized spacial score (nSPS) is 18.5. The van der Waals surface area contributed by atoms with Crippen molar-refractivity contribution < 1.29 is 81.3 Å². The van der Waals surface area contributed by atoms with Crippen LogP contribution in [0.1, 0.15) is 93.1 Å². The number of primary sulfonamides is 2. The van der Waals surface area contributed by atoms with E-state index in [2.05, 4.69) is 49.0 Å². The summed E-state index contributed by atoms with van der Waals surface area (Å²) in [6.45, 7) is 11.2. The zero-order chi connectivity index (χ0) is 76.2. The van der Waals surface area contributed by atoms with E-state index < -0.39 is 89.5 Å². The van der Waals surface area contributed by atoms with Gasteiger partial charge in [0.2, 0.25) is 25.9 Å². The number of pyridine rings is 1. The molecule has 7 aromatic rings. The maximum Gasteiger partial charge on any atom is 0.416 e. The first-order valence-electron chi connectivity index (χ1n) is 33.0. The number of alkyl halides is 3. The number of nitrogens with one attached hydrogen (secondary N) is 4. The maximum atomic E-state index is 13.9. The average molecular weight is 1580 g/mol. The SMILES string of the molecule is CC1(C)CCC(CN2CCN(c3ccc(C(=O)NS(=O)(=O)c4ccc(N[C@@H]5CCCOC5)c([N+](=O)[O-])c4)c(Oc4cnc5[nH]ccc5c4)c3)CC2)=C(c2ccc(C(F)(F)F)cc2Cl)C1.Cl.NS(=O)(=O)c1ccc(F)c([N+](=O)[O-])c1.NS(=O)(=O)c1ccc(N[C@@H]2CCCOC2)c([N+](=O)[O-])c1.N[C@@H]1CCCOC1. The highest BCUT2D eigenvalue weighted by atomic mass is 35.5. The lowest BCUT2D eigenvalue weighted by molar-refractivity contribution is -0.387. The number of carbonyl (C=O) groups excluding carboxylic acids is 1. The van der Waals surface area contributed by atoms with Crippen molar-refractivity contribution in [3.8, 4) is 11.5 Å². The van der Waals surface area contributed by atoms with Gasteiger partial charge in [0.05, 0.1) is 66.6 Å². The van der Waals surface area contributed by atoms with Crippen molar-refractivity contribution in [2.45, 2.75) is 111 Å². The summed E-state index contributed by atoms with van der Waals surface area (Å²) in [6, 6.07) is 21.1. The second kappa shape index (κ2) is 35.8. The van der Waals surface area contributed by atoms with Crippen LogP contribution in [0, 0.1) is 41.6 Å². The summed E-state index contributed by atoms with van der Waals surface area (Å²) in [7, 11) is -12.6. The summed E-state index contributed by atoms with van der Waals surface area (Å²) in [5.74, 6) is -1.78. The van der Waals surface area contributed by atoms with Gasteiger partial charge in [-0.25, -0.2) is 45.2 Å². The Bertz CT molecular complexity index is 4730. The van der Waals surface area contributed by atoms with Gasteiger partial charge in [0.25, 0.3) is 27.3 Å². The Labute approximate surface area is 618 Å². The molecule has 0 bridgehead atoms. The number of nitrogens with zero attached hydrogens (tertiary/aromatic N) is 6. The van der Waals surface area contributed by atoms with Crippen LogP contribution in [0.2, 0.25) is 5.02 Å². The molecule has 0 saturated carbocycles. The number of hydrogen-bond acceptors (Lipinski definition) is 23. The molecule has 10 N–H and O–H groups in total. The molecule has 5 aliphatic rings. The largest absolute Gasteiger partial charge is 0.455 e. The molecule has 106 heavy (non-hydrogen) atoms. The van der Waals surface area contributed by atoms with E-state index in [9.17, 15) is 78.0 Å². The fourth-order valence-electron chi connectivity index (χ4n) is 12.1. The molecular formula is C67H79Cl2F4N13O17S3. The van der Waals surface area contributed by atoms with E-state index in [0.717, 1.165) is 111 Å². The van der Waals surface area contributed by atoms with E-state index in [4.69, 9.17) is 46.6 Å². The molecule has 12 rings (SSSR count). The van der Waals surface area contributed by atoms with Gasteiger partial charge >= 0.3 is 11.9 Å². The smallest absolute Gasteiger partial charge is 0.416 e. The van der Waals surface area contributed by atoms with Crippen molar-refractivity contribution >= 4 is 111 Å². The van der Waals surface area contributed by atoms with Gasteiger partial charge in [0.1, 0.15) is 28.5 Å². The molecule has 574 valence electrons. The summed E-state index contributed by atoms with van der Waals surface area (Å²) in [4.78, 5) is 55.5. The number of hydrogen-bond donors (Lipinski definition) is 7. The maximum absolute atomic E-state index is 13.9. The van der Waals surface area contributed by atoms with Crippen molar-refractivity contribution in [1.82, 2.24) is 19.6 Å². The lowest BCUT2D eigenvalue weighted by Crippen LogP contribution is -2.47. The third-order valence-corrected chi connectivity index (χ3v) is 21.1. The molecule has 0 spiro atoms. The van der Waals surface area contributed by atoms with Crippen LogP contribution < -0.4 is 41.0 Å². The zero-order valence-corrected chi connectivity index (χ0v) is 61.2. The summed E-state index contributed by atoms with van der Waals surface area (Å²) in [5.41, 5.74) is 7.36. The molecule has 4 aliphatic heterocycles. The third-order valence-electron chi connectivity index (χ3n) is 17.6. The fourth-order valence-corrected chi connectivity index (χ4v) is 14.5. The number of fused-ring (bicyclic) bond motifs is 1. The van der Waals surface area contributed by atoms with Crippen LogP contribution in [0.25, 0.3) is 16.6 Å². The number of halogens is 6. The van der Waals surface area contributed by atoms with Crippen molar-refractivity contribution in [1.29, 1.82) is 0 Å². The van der Waals surface area contributed by atoms with Gasteiger partial charge in [0, 0.05) is 117 Å². The Kier molecular flexibility index (Phi) is 28.0. The molecule has 39 heteroatoms. The standard InChI is InChI=1S/C45H47ClF3N7O7S.C11H15N3O5S.C6H5FN2O4S.C5H11NO.ClH/c1-44(2)13-11-29(37(24-44)35-8-5-30(21-38(35)46)45(47,48)49)26-54-15-17-55(18-16-54)32-6-9-36(41(22-32)63-33-20-28-12-14-50-42(28)51-25-33)43(57)53-64(60,61)34-7-10-39(40(23-34)56(58)59)52-31-4-3-19-62-27-31;12-20(17,18)9-3-4-10(11(6-9)14(15)16)13-8-2-1-5-19-7-8;7-5-2-1-4(14(8,12)13)3-6(5)9(10)11;6-5-2-1-3-7-4-5;/h5-10,12,14,20-23,25,31,52H,3-4,11,13,15-19,24,26-27H2,1-2H3,(H,50,51)(H,53,57);3-4,6,8,13H,1-2,5,7H2,(H2,12,17,18);1-3H,(H2,8,12,13);5H,1-4,6H2;1H/t31-;8-;;5-;/m11.1./s1. The second-order valence-electron chi connectivity index (χ2n) is 26.1. The monoisotopic (exact) mass is 1580 g/mol. The second-order valence-corrected chi connectivity index (χ2v) is 31.3. The van der Waals surface area contributed by atoms with Gasteiger partial charge in [-0.1, -0.05) is 37.1 Å². The first kappa shape index (κ1) is 82.9. The van der Waals surface area contributed by atoms with Gasteiger partial charge in [-0.15, -0.1) is 12.4 Å². The molecule has 3 atom stereocenters. The number of piperazine rings is 1. The number of nitro benzene ring substituents is 3. The number of H-pyrrole nitrogens is 1. The van der Waals surface area contributed by atoms with Crippen molar-refractivity contribution in [2.75, 3.05) is 87.9 Å². The Balaban J connectivity index is 0.000000271.